The molecule has 0 amide bonds. The summed E-state index contributed by atoms with van der Waals surface area (Å²) in [6.45, 7) is 2.06. The van der Waals surface area contributed by atoms with Crippen LogP contribution in [0, 0.1) is 6.92 Å². The van der Waals surface area contributed by atoms with E-state index in [9.17, 15) is 0 Å². The second kappa shape index (κ2) is 5.89. The lowest BCUT2D eigenvalue weighted by Gasteiger charge is -2.07. The first-order valence-electron chi connectivity index (χ1n) is 7.01. The van der Waals surface area contributed by atoms with Crippen molar-refractivity contribution in [3.8, 4) is 11.4 Å². The summed E-state index contributed by atoms with van der Waals surface area (Å²) in [7, 11) is 0. The van der Waals surface area contributed by atoms with Gasteiger partial charge in [-0.05, 0) is 18.9 Å². The monoisotopic (exact) mass is 278 g/mol. The van der Waals surface area contributed by atoms with E-state index in [1.807, 2.05) is 30.3 Å². The third kappa shape index (κ3) is 3.17. The van der Waals surface area contributed by atoms with Gasteiger partial charge >= 0.3 is 0 Å². The van der Waals surface area contributed by atoms with Crippen LogP contribution in [0.5, 0.6) is 0 Å². The van der Waals surface area contributed by atoms with Crippen LogP contribution < -0.4 is 5.73 Å². The van der Waals surface area contributed by atoms with Gasteiger partial charge in [0.15, 0.2) is 5.82 Å². The van der Waals surface area contributed by atoms with Crippen molar-refractivity contribution in [1.29, 1.82) is 0 Å². The number of nitrogens with one attached hydrogen (secondary N) is 1. The normalized spacial score (nSPS) is 12.3. The lowest BCUT2D eigenvalue weighted by Crippen LogP contribution is -2.15. The van der Waals surface area contributed by atoms with Crippen LogP contribution in [-0.4, -0.2) is 15.2 Å². The molecule has 1 aromatic heterocycles. The molecule has 0 saturated heterocycles. The molecule has 4 heteroatoms. The summed E-state index contributed by atoms with van der Waals surface area (Å²) in [5, 5.41) is 7.22. The van der Waals surface area contributed by atoms with Crippen LogP contribution in [0.25, 0.3) is 11.4 Å². The molecule has 21 heavy (non-hydrogen) atoms. The number of nitrogens with zero attached hydrogens (tertiary/aromatic N) is 2. The Morgan fingerprint density at radius 1 is 1.05 bits per heavy atom. The van der Waals surface area contributed by atoms with Crippen molar-refractivity contribution < 1.29 is 0 Å². The molecule has 1 atom stereocenters. The van der Waals surface area contributed by atoms with E-state index in [2.05, 4.69) is 46.4 Å². The number of aromatic nitrogens is 3. The predicted octanol–water partition coefficient (Wildman–Crippen LogP) is 3.02. The average molecular weight is 278 g/mol. The van der Waals surface area contributed by atoms with Crippen LogP contribution in [0.1, 0.15) is 23.0 Å². The highest BCUT2D eigenvalue weighted by Gasteiger charge is 2.13. The van der Waals surface area contributed by atoms with Gasteiger partial charge in [-0.2, -0.15) is 5.10 Å². The fourth-order valence-corrected chi connectivity index (χ4v) is 2.24. The van der Waals surface area contributed by atoms with Gasteiger partial charge in [0.2, 0.25) is 0 Å². The van der Waals surface area contributed by atoms with E-state index in [0.29, 0.717) is 5.82 Å². The number of benzene rings is 2. The Morgan fingerprint density at radius 2 is 1.76 bits per heavy atom. The Kier molecular flexibility index (Phi) is 3.79. The predicted molar refractivity (Wildman–Crippen MR) is 83.6 cm³/mol. The summed E-state index contributed by atoms with van der Waals surface area (Å²) in [5.41, 5.74) is 9.61. The molecule has 1 unspecified atom stereocenters. The van der Waals surface area contributed by atoms with E-state index >= 15 is 0 Å². The second-order valence-corrected chi connectivity index (χ2v) is 5.21. The summed E-state index contributed by atoms with van der Waals surface area (Å²) in [6, 6.07) is 18.1. The molecule has 3 N–H and O–H groups in total. The number of hydrogen-bond acceptors (Lipinski definition) is 3. The van der Waals surface area contributed by atoms with E-state index in [1.165, 1.54) is 11.1 Å². The van der Waals surface area contributed by atoms with Gasteiger partial charge in [0.25, 0.3) is 0 Å². The van der Waals surface area contributed by atoms with E-state index in [-0.39, 0.29) is 6.04 Å². The van der Waals surface area contributed by atoms with Crippen LogP contribution in [0.15, 0.2) is 54.6 Å². The number of aromatic amines is 1. The maximum Gasteiger partial charge on any atom is 0.181 e. The van der Waals surface area contributed by atoms with Crippen LogP contribution in [0.3, 0.4) is 0 Å². The molecule has 0 aliphatic heterocycles. The van der Waals surface area contributed by atoms with Gasteiger partial charge in [-0.15, -0.1) is 0 Å². The van der Waals surface area contributed by atoms with Crippen molar-refractivity contribution in [2.75, 3.05) is 0 Å². The Bertz CT molecular complexity index is 701. The minimum atomic E-state index is -0.181. The Balaban J connectivity index is 1.76. The Labute approximate surface area is 124 Å². The highest BCUT2D eigenvalue weighted by Crippen LogP contribution is 2.18. The smallest absolute Gasteiger partial charge is 0.181 e. The number of rotatable bonds is 4. The number of aryl methyl sites for hydroxylation is 1. The number of H-pyrrole nitrogens is 1. The number of nitrogens with two attached hydrogens (primary N) is 1. The van der Waals surface area contributed by atoms with Crippen molar-refractivity contribution >= 4 is 0 Å². The van der Waals surface area contributed by atoms with Gasteiger partial charge in [0.05, 0.1) is 6.04 Å². The number of hydrogen-bond donors (Lipinski definition) is 2. The van der Waals surface area contributed by atoms with Crippen molar-refractivity contribution in [2.24, 2.45) is 5.73 Å². The molecule has 1 heterocycles. The Morgan fingerprint density at radius 3 is 2.48 bits per heavy atom. The SMILES string of the molecule is Cc1ccc(-c2n[nH]c(C(N)Cc3ccccc3)n2)cc1. The molecular weight excluding hydrogens is 260 g/mol. The summed E-state index contributed by atoms with van der Waals surface area (Å²) < 4.78 is 0. The molecule has 0 bridgehead atoms. The van der Waals surface area contributed by atoms with Crippen LogP contribution >= 0.6 is 0 Å². The van der Waals surface area contributed by atoms with Crippen LogP contribution in [0.2, 0.25) is 0 Å². The van der Waals surface area contributed by atoms with Crippen molar-refractivity contribution in [2.45, 2.75) is 19.4 Å². The topological polar surface area (TPSA) is 67.6 Å². The lowest BCUT2D eigenvalue weighted by molar-refractivity contribution is 0.671. The molecule has 0 spiro atoms. The van der Waals surface area contributed by atoms with Crippen LogP contribution in [0.4, 0.5) is 0 Å². The molecule has 3 aromatic rings. The van der Waals surface area contributed by atoms with E-state index < -0.39 is 0 Å². The Hall–Kier alpha value is -2.46. The second-order valence-electron chi connectivity index (χ2n) is 5.21. The minimum Gasteiger partial charge on any atom is -0.321 e. The fraction of sp³-hybridized carbons (Fsp3) is 0.176. The van der Waals surface area contributed by atoms with E-state index in [0.717, 1.165) is 17.8 Å². The standard InChI is InChI=1S/C17H18N4/c1-12-7-9-14(10-8-12)16-19-17(21-20-16)15(18)11-13-5-3-2-4-6-13/h2-10,15H,11,18H2,1H3,(H,19,20,21). The maximum absolute atomic E-state index is 6.21. The molecule has 0 fully saturated rings. The summed E-state index contributed by atoms with van der Waals surface area (Å²) in [6.07, 6.45) is 0.739. The lowest BCUT2D eigenvalue weighted by atomic mass is 10.1. The fourth-order valence-electron chi connectivity index (χ4n) is 2.24. The van der Waals surface area contributed by atoms with Crippen molar-refractivity contribution in [1.82, 2.24) is 15.2 Å². The molecule has 4 nitrogen and oxygen atoms in total. The first-order chi connectivity index (χ1) is 10.2. The average Bonchev–Trinajstić information content (AvgIpc) is 2.99. The summed E-state index contributed by atoms with van der Waals surface area (Å²) in [5.74, 6) is 1.41. The van der Waals surface area contributed by atoms with Gasteiger partial charge in [0, 0.05) is 5.56 Å². The van der Waals surface area contributed by atoms with Gasteiger partial charge in [-0.25, -0.2) is 4.98 Å². The zero-order chi connectivity index (χ0) is 14.7. The molecule has 0 saturated carbocycles. The first-order valence-corrected chi connectivity index (χ1v) is 7.01. The zero-order valence-electron chi connectivity index (χ0n) is 12.0. The molecule has 3 rings (SSSR count). The van der Waals surface area contributed by atoms with Crippen LogP contribution in [-0.2, 0) is 6.42 Å². The summed E-state index contributed by atoms with van der Waals surface area (Å²) >= 11 is 0. The highest BCUT2D eigenvalue weighted by atomic mass is 15.2. The first kappa shape index (κ1) is 13.5. The quantitative estimate of drug-likeness (QED) is 0.771. The van der Waals surface area contributed by atoms with Crippen molar-refractivity contribution in [3.63, 3.8) is 0 Å². The van der Waals surface area contributed by atoms with Gasteiger partial charge in [-0.1, -0.05) is 60.2 Å². The van der Waals surface area contributed by atoms with Crippen molar-refractivity contribution in [3.05, 3.63) is 71.5 Å². The van der Waals surface area contributed by atoms with Gasteiger partial charge < -0.3 is 5.73 Å². The maximum atomic E-state index is 6.21. The van der Waals surface area contributed by atoms with Gasteiger partial charge in [0.1, 0.15) is 5.82 Å². The molecule has 0 aliphatic rings. The molecule has 106 valence electrons. The van der Waals surface area contributed by atoms with E-state index in [1.54, 1.807) is 0 Å². The molecule has 0 radical (unpaired) electrons. The largest absolute Gasteiger partial charge is 0.321 e. The third-order valence-electron chi connectivity index (χ3n) is 3.46. The molecule has 0 aliphatic carbocycles. The molecular formula is C17H18N4. The third-order valence-corrected chi connectivity index (χ3v) is 3.46. The van der Waals surface area contributed by atoms with Gasteiger partial charge in [-0.3, -0.25) is 5.10 Å². The minimum absolute atomic E-state index is 0.181. The zero-order valence-corrected chi connectivity index (χ0v) is 12.0. The highest BCUT2D eigenvalue weighted by molar-refractivity contribution is 5.54. The summed E-state index contributed by atoms with van der Waals surface area (Å²) in [4.78, 5) is 4.51. The molecule has 2 aromatic carbocycles. The van der Waals surface area contributed by atoms with E-state index in [4.69, 9.17) is 5.73 Å².